The molecule has 1 atom stereocenters. The van der Waals surface area contributed by atoms with Gasteiger partial charge in [0.25, 0.3) is 5.91 Å². The van der Waals surface area contributed by atoms with Gasteiger partial charge in [-0.25, -0.2) is 4.39 Å². The molecule has 0 bridgehead atoms. The maximum absolute atomic E-state index is 14.6. The molecule has 3 amide bonds. The van der Waals surface area contributed by atoms with E-state index in [1.165, 1.54) is 13.0 Å². The second-order valence-corrected chi connectivity index (χ2v) is 9.58. The number of anilines is 3. The van der Waals surface area contributed by atoms with Crippen LogP contribution in [-0.4, -0.2) is 35.0 Å². The number of halogens is 1. The van der Waals surface area contributed by atoms with E-state index >= 15 is 0 Å². The third-order valence-electron chi connectivity index (χ3n) is 6.60. The Bertz CT molecular complexity index is 1520. The number of aromatic nitrogens is 1. The zero-order valence-electron chi connectivity index (χ0n) is 21.5. The maximum Gasteiger partial charge on any atom is 0.272 e. The van der Waals surface area contributed by atoms with Crippen molar-refractivity contribution in [1.82, 2.24) is 4.57 Å². The van der Waals surface area contributed by atoms with Crippen molar-refractivity contribution in [3.05, 3.63) is 89.9 Å². The van der Waals surface area contributed by atoms with Gasteiger partial charge in [0, 0.05) is 47.1 Å². The second kappa shape index (κ2) is 11.5. The standard InChI is InChI=1S/C30H29FN4O4/c1-19(36)32-22-8-10-23(11-9-22)34-30(38)28-16-21-15-24(33-29(37)17-25-6-4-14-39-25)12-13-27(21)35(28)18-20-5-2-3-7-26(20)31/h2-3,5,7-13,15-16,25H,4,6,14,17-18H2,1H3,(H,32,36)(H,33,37)(H,34,38). The van der Waals surface area contributed by atoms with Gasteiger partial charge in [-0.1, -0.05) is 18.2 Å². The zero-order chi connectivity index (χ0) is 27.4. The Morgan fingerprint density at radius 1 is 0.923 bits per heavy atom. The molecule has 3 aromatic carbocycles. The molecular weight excluding hydrogens is 499 g/mol. The number of carbonyl (C=O) groups excluding carboxylic acids is 3. The van der Waals surface area contributed by atoms with Gasteiger partial charge in [-0.05, 0) is 67.4 Å². The smallest absolute Gasteiger partial charge is 0.272 e. The van der Waals surface area contributed by atoms with Crippen LogP contribution in [0.4, 0.5) is 21.5 Å². The predicted octanol–water partition coefficient (Wildman–Crippen LogP) is 5.55. The number of hydrogen-bond acceptors (Lipinski definition) is 4. The summed E-state index contributed by atoms with van der Waals surface area (Å²) in [6.45, 7) is 2.25. The van der Waals surface area contributed by atoms with Gasteiger partial charge >= 0.3 is 0 Å². The first kappa shape index (κ1) is 26.1. The van der Waals surface area contributed by atoms with Crippen LogP contribution >= 0.6 is 0 Å². The van der Waals surface area contributed by atoms with Crippen molar-refractivity contribution in [2.75, 3.05) is 22.6 Å². The Kier molecular flexibility index (Phi) is 7.69. The quantitative estimate of drug-likeness (QED) is 0.279. The summed E-state index contributed by atoms with van der Waals surface area (Å²) in [6.07, 6.45) is 2.07. The lowest BCUT2D eigenvalue weighted by atomic mass is 10.1. The molecule has 1 aliphatic rings. The van der Waals surface area contributed by atoms with E-state index in [4.69, 9.17) is 4.74 Å². The van der Waals surface area contributed by atoms with Gasteiger partial charge in [-0.15, -0.1) is 0 Å². The largest absolute Gasteiger partial charge is 0.378 e. The molecule has 5 rings (SSSR count). The number of nitrogens with zero attached hydrogens (tertiary/aromatic N) is 1. The van der Waals surface area contributed by atoms with Crippen molar-refractivity contribution >= 4 is 45.7 Å². The molecule has 9 heteroatoms. The Labute approximate surface area is 225 Å². The van der Waals surface area contributed by atoms with Crippen molar-refractivity contribution in [3.8, 4) is 0 Å². The predicted molar refractivity (Wildman–Crippen MR) is 148 cm³/mol. The SMILES string of the molecule is CC(=O)Nc1ccc(NC(=O)c2cc3cc(NC(=O)CC4CCCO4)ccc3n2Cc2ccccc2F)cc1. The lowest BCUT2D eigenvalue weighted by Crippen LogP contribution is -2.19. The number of benzene rings is 3. The monoisotopic (exact) mass is 528 g/mol. The fraction of sp³-hybridized carbons (Fsp3) is 0.233. The first-order chi connectivity index (χ1) is 18.9. The van der Waals surface area contributed by atoms with Crippen LogP contribution < -0.4 is 16.0 Å². The molecule has 4 aromatic rings. The van der Waals surface area contributed by atoms with Gasteiger partial charge in [-0.3, -0.25) is 14.4 Å². The van der Waals surface area contributed by atoms with Crippen molar-refractivity contribution < 1.29 is 23.5 Å². The highest BCUT2D eigenvalue weighted by Gasteiger charge is 2.21. The summed E-state index contributed by atoms with van der Waals surface area (Å²) in [4.78, 5) is 37.2. The summed E-state index contributed by atoms with van der Waals surface area (Å²) in [6, 6.07) is 20.3. The van der Waals surface area contributed by atoms with Crippen LogP contribution in [-0.2, 0) is 20.9 Å². The molecule has 3 N–H and O–H groups in total. The highest BCUT2D eigenvalue weighted by atomic mass is 19.1. The number of ether oxygens (including phenoxy) is 1. The molecule has 1 aliphatic heterocycles. The van der Waals surface area contributed by atoms with Gasteiger partial charge in [0.05, 0.1) is 19.1 Å². The molecule has 0 spiro atoms. The summed E-state index contributed by atoms with van der Waals surface area (Å²) in [5, 5.41) is 9.21. The van der Waals surface area contributed by atoms with Gasteiger partial charge in [0.1, 0.15) is 11.5 Å². The fourth-order valence-corrected chi connectivity index (χ4v) is 4.76. The lowest BCUT2D eigenvalue weighted by Gasteiger charge is -2.13. The number of rotatable bonds is 8. The van der Waals surface area contributed by atoms with E-state index in [0.29, 0.717) is 41.3 Å². The zero-order valence-corrected chi connectivity index (χ0v) is 21.5. The van der Waals surface area contributed by atoms with Crippen LogP contribution in [0.5, 0.6) is 0 Å². The van der Waals surface area contributed by atoms with Gasteiger partial charge < -0.3 is 25.3 Å². The first-order valence-corrected chi connectivity index (χ1v) is 12.8. The number of amides is 3. The van der Waals surface area contributed by atoms with Crippen LogP contribution in [0.3, 0.4) is 0 Å². The number of nitrogens with one attached hydrogen (secondary N) is 3. The van der Waals surface area contributed by atoms with Crippen molar-refractivity contribution in [2.24, 2.45) is 0 Å². The van der Waals surface area contributed by atoms with E-state index in [2.05, 4.69) is 16.0 Å². The minimum absolute atomic E-state index is 0.0572. The van der Waals surface area contributed by atoms with Crippen LogP contribution in [0.1, 0.15) is 42.2 Å². The topological polar surface area (TPSA) is 101 Å². The van der Waals surface area contributed by atoms with Crippen molar-refractivity contribution in [3.63, 3.8) is 0 Å². The summed E-state index contributed by atoms with van der Waals surface area (Å²) < 4.78 is 21.9. The number of fused-ring (bicyclic) bond motifs is 1. The Balaban J connectivity index is 1.42. The van der Waals surface area contributed by atoms with Crippen LogP contribution in [0.15, 0.2) is 72.8 Å². The van der Waals surface area contributed by atoms with E-state index in [0.717, 1.165) is 23.7 Å². The molecule has 0 radical (unpaired) electrons. The second-order valence-electron chi connectivity index (χ2n) is 9.58. The molecule has 1 unspecified atom stereocenters. The molecule has 1 saturated heterocycles. The average molecular weight is 529 g/mol. The minimum Gasteiger partial charge on any atom is -0.378 e. The van der Waals surface area contributed by atoms with Crippen LogP contribution in [0, 0.1) is 5.82 Å². The molecule has 1 fully saturated rings. The lowest BCUT2D eigenvalue weighted by molar-refractivity contribution is -0.118. The Hall–Kier alpha value is -4.50. The minimum atomic E-state index is -0.376. The van der Waals surface area contributed by atoms with E-state index in [9.17, 15) is 18.8 Å². The van der Waals surface area contributed by atoms with E-state index in [1.807, 2.05) is 6.07 Å². The van der Waals surface area contributed by atoms with Crippen molar-refractivity contribution in [2.45, 2.75) is 38.8 Å². The number of carbonyl (C=O) groups is 3. The van der Waals surface area contributed by atoms with E-state index in [-0.39, 0.29) is 36.2 Å². The number of hydrogen-bond donors (Lipinski definition) is 3. The Morgan fingerprint density at radius 3 is 2.33 bits per heavy atom. The van der Waals surface area contributed by atoms with Crippen LogP contribution in [0.2, 0.25) is 0 Å². The molecule has 2 heterocycles. The first-order valence-electron chi connectivity index (χ1n) is 12.8. The molecule has 1 aromatic heterocycles. The summed E-state index contributed by atoms with van der Waals surface area (Å²) in [7, 11) is 0. The summed E-state index contributed by atoms with van der Waals surface area (Å²) in [5.41, 5.74) is 3.26. The van der Waals surface area contributed by atoms with E-state index < -0.39 is 0 Å². The third kappa shape index (κ3) is 6.32. The van der Waals surface area contributed by atoms with Gasteiger partial charge in [0.15, 0.2) is 0 Å². The highest BCUT2D eigenvalue weighted by Crippen LogP contribution is 2.27. The molecule has 0 aliphatic carbocycles. The third-order valence-corrected chi connectivity index (χ3v) is 6.60. The molecule has 200 valence electrons. The van der Waals surface area contributed by atoms with Gasteiger partial charge in [-0.2, -0.15) is 0 Å². The normalized spacial score (nSPS) is 14.8. The molecule has 39 heavy (non-hydrogen) atoms. The summed E-state index contributed by atoms with van der Waals surface area (Å²) in [5.74, 6) is -1.06. The Morgan fingerprint density at radius 2 is 1.64 bits per heavy atom. The molecular formula is C30H29FN4O4. The molecule has 0 saturated carbocycles. The maximum atomic E-state index is 14.6. The van der Waals surface area contributed by atoms with Crippen molar-refractivity contribution in [1.29, 1.82) is 0 Å². The van der Waals surface area contributed by atoms with Crippen LogP contribution in [0.25, 0.3) is 10.9 Å². The van der Waals surface area contributed by atoms with E-state index in [1.54, 1.807) is 65.2 Å². The summed E-state index contributed by atoms with van der Waals surface area (Å²) >= 11 is 0. The van der Waals surface area contributed by atoms with Gasteiger partial charge in [0.2, 0.25) is 11.8 Å². The average Bonchev–Trinajstić information content (AvgIpc) is 3.54. The highest BCUT2D eigenvalue weighted by molar-refractivity contribution is 6.07. The molecule has 8 nitrogen and oxygen atoms in total. The fourth-order valence-electron chi connectivity index (χ4n) is 4.76.